The minimum absolute atomic E-state index is 0.377. The van der Waals surface area contributed by atoms with Gasteiger partial charge in [0.1, 0.15) is 6.04 Å². The topological polar surface area (TPSA) is 57.6 Å². The molecule has 58 valence electrons. The summed E-state index contributed by atoms with van der Waals surface area (Å²) in [7, 11) is 0. The summed E-state index contributed by atoms with van der Waals surface area (Å²) in [5.41, 5.74) is 0. The van der Waals surface area contributed by atoms with Gasteiger partial charge in [0.2, 0.25) is 5.91 Å². The van der Waals surface area contributed by atoms with E-state index in [-0.39, 0.29) is 5.91 Å². The number of nitrogens with zero attached hydrogens (tertiary/aromatic N) is 1. The Morgan fingerprint density at radius 3 is 2.10 bits per heavy atom. The van der Waals surface area contributed by atoms with E-state index in [1.54, 1.807) is 0 Å². The molecule has 0 saturated heterocycles. The van der Waals surface area contributed by atoms with E-state index < -0.39 is 12.0 Å². The van der Waals surface area contributed by atoms with Gasteiger partial charge in [-0.25, -0.2) is 4.79 Å². The van der Waals surface area contributed by atoms with Crippen LogP contribution in [0.15, 0.2) is 0 Å². The second-order valence-corrected chi connectivity index (χ2v) is 2.31. The third kappa shape index (κ3) is 2.26. The number of hydrogen-bond donors (Lipinski definition) is 2. The number of aliphatic carboxylic acids is 1. The molecule has 4 nitrogen and oxygen atoms in total. The fourth-order valence-electron chi connectivity index (χ4n) is 0.377. The van der Waals surface area contributed by atoms with Crippen LogP contribution in [0, 0.1) is 0 Å². The highest BCUT2D eigenvalue weighted by atomic mass is 32.1. The molecule has 0 aromatic heterocycles. The average molecular weight is 163 g/mol. The van der Waals surface area contributed by atoms with Gasteiger partial charge in [0, 0.05) is 6.92 Å². The van der Waals surface area contributed by atoms with E-state index in [1.165, 1.54) is 13.8 Å². The third-order valence-electron chi connectivity index (χ3n) is 1.05. The van der Waals surface area contributed by atoms with Crippen molar-refractivity contribution in [2.45, 2.75) is 19.9 Å². The Morgan fingerprint density at radius 2 is 2.00 bits per heavy atom. The molecule has 0 aromatic carbocycles. The van der Waals surface area contributed by atoms with E-state index >= 15 is 0 Å². The Hall–Kier alpha value is -0.710. The zero-order valence-electron chi connectivity index (χ0n) is 5.74. The first-order valence-corrected chi connectivity index (χ1v) is 3.08. The van der Waals surface area contributed by atoms with Crippen molar-refractivity contribution in [2.24, 2.45) is 0 Å². The van der Waals surface area contributed by atoms with Gasteiger partial charge < -0.3 is 5.11 Å². The summed E-state index contributed by atoms with van der Waals surface area (Å²) in [6.45, 7) is 2.64. The van der Waals surface area contributed by atoms with Gasteiger partial charge in [0.15, 0.2) is 0 Å². The van der Waals surface area contributed by atoms with Crippen LogP contribution in [-0.4, -0.2) is 27.3 Å². The molecule has 0 aliphatic heterocycles. The number of thiol groups is 1. The molecule has 0 aromatic rings. The van der Waals surface area contributed by atoms with Crippen LogP contribution in [0.3, 0.4) is 0 Å². The van der Waals surface area contributed by atoms with Crippen molar-refractivity contribution in [3.8, 4) is 0 Å². The number of carbonyl (C=O) groups is 2. The predicted octanol–water partition coefficient (Wildman–Crippen LogP) is 0.153. The molecule has 0 fully saturated rings. The van der Waals surface area contributed by atoms with Crippen molar-refractivity contribution in [1.29, 1.82) is 0 Å². The minimum atomic E-state index is -1.06. The highest BCUT2D eigenvalue weighted by Gasteiger charge is 2.19. The lowest BCUT2D eigenvalue weighted by molar-refractivity contribution is -0.144. The van der Waals surface area contributed by atoms with Gasteiger partial charge in [0.25, 0.3) is 0 Å². The summed E-state index contributed by atoms with van der Waals surface area (Å²) in [6.07, 6.45) is 0. The molecular weight excluding hydrogens is 154 g/mol. The molecule has 0 aliphatic rings. The summed E-state index contributed by atoms with van der Waals surface area (Å²) < 4.78 is 0.863. The van der Waals surface area contributed by atoms with Gasteiger partial charge in [-0.2, -0.15) is 0 Å². The van der Waals surface area contributed by atoms with Crippen LogP contribution in [0.4, 0.5) is 0 Å². The Morgan fingerprint density at radius 1 is 1.60 bits per heavy atom. The summed E-state index contributed by atoms with van der Waals surface area (Å²) >= 11 is 3.66. The van der Waals surface area contributed by atoms with Gasteiger partial charge >= 0.3 is 5.97 Å². The molecule has 0 bridgehead atoms. The molecule has 0 spiro atoms. The van der Waals surface area contributed by atoms with Gasteiger partial charge in [0.05, 0.1) is 0 Å². The number of carboxylic acid groups (broad SMARTS) is 1. The lowest BCUT2D eigenvalue weighted by atomic mass is 10.3. The molecule has 0 saturated carbocycles. The molecule has 0 radical (unpaired) electrons. The van der Waals surface area contributed by atoms with Crippen LogP contribution in [0.2, 0.25) is 0 Å². The zero-order chi connectivity index (χ0) is 8.31. The molecule has 10 heavy (non-hydrogen) atoms. The van der Waals surface area contributed by atoms with Crippen LogP contribution in [-0.2, 0) is 9.59 Å². The van der Waals surface area contributed by atoms with Gasteiger partial charge in [-0.1, -0.05) is 12.8 Å². The predicted molar refractivity (Wildman–Crippen MR) is 38.6 cm³/mol. The molecule has 1 N–H and O–H groups in total. The molecular formula is C5H9NO3S. The number of amides is 1. The normalized spacial score (nSPS) is 12.3. The third-order valence-corrected chi connectivity index (χ3v) is 1.67. The average Bonchev–Trinajstić information content (AvgIpc) is 1.84. The fourth-order valence-corrected chi connectivity index (χ4v) is 0.476. The second kappa shape index (κ2) is 3.46. The lowest BCUT2D eigenvalue weighted by Crippen LogP contribution is -2.35. The van der Waals surface area contributed by atoms with Gasteiger partial charge in [-0.3, -0.25) is 9.10 Å². The van der Waals surface area contributed by atoms with Crippen molar-refractivity contribution in [2.75, 3.05) is 0 Å². The van der Waals surface area contributed by atoms with Crippen molar-refractivity contribution < 1.29 is 14.7 Å². The van der Waals surface area contributed by atoms with Crippen molar-refractivity contribution in [3.63, 3.8) is 0 Å². The SMILES string of the molecule is CC(=O)N(S)[C@@H](C)C(=O)O. The first-order valence-electron chi connectivity index (χ1n) is 2.68. The molecule has 0 rings (SSSR count). The molecule has 0 heterocycles. The summed E-state index contributed by atoms with van der Waals surface area (Å²) in [5.74, 6) is -1.44. The first kappa shape index (κ1) is 9.29. The standard InChI is InChI=1S/C5H9NO3S/c1-3(5(8)9)6(10)4(2)7/h3,10H,1-2H3,(H,8,9)/t3-/m0/s1. The van der Waals surface area contributed by atoms with E-state index in [0.717, 1.165) is 4.31 Å². The quantitative estimate of drug-likeness (QED) is 0.570. The highest BCUT2D eigenvalue weighted by Crippen LogP contribution is 2.02. The number of hydrogen-bond acceptors (Lipinski definition) is 3. The lowest BCUT2D eigenvalue weighted by Gasteiger charge is -2.16. The van der Waals surface area contributed by atoms with Crippen molar-refractivity contribution in [1.82, 2.24) is 4.31 Å². The van der Waals surface area contributed by atoms with Crippen molar-refractivity contribution >= 4 is 24.7 Å². The largest absolute Gasteiger partial charge is 0.480 e. The maximum Gasteiger partial charge on any atom is 0.327 e. The van der Waals surface area contributed by atoms with Gasteiger partial charge in [-0.05, 0) is 6.92 Å². The maximum atomic E-state index is 10.5. The summed E-state index contributed by atoms with van der Waals surface area (Å²) in [4.78, 5) is 20.7. The molecule has 5 heteroatoms. The number of rotatable bonds is 2. The second-order valence-electron chi connectivity index (χ2n) is 1.88. The minimum Gasteiger partial charge on any atom is -0.480 e. The molecule has 0 unspecified atom stereocenters. The van der Waals surface area contributed by atoms with Crippen LogP contribution < -0.4 is 0 Å². The number of carbonyl (C=O) groups excluding carboxylic acids is 1. The van der Waals surface area contributed by atoms with Crippen LogP contribution in [0.25, 0.3) is 0 Å². The molecule has 1 atom stereocenters. The van der Waals surface area contributed by atoms with E-state index in [1.807, 2.05) is 0 Å². The van der Waals surface area contributed by atoms with E-state index in [2.05, 4.69) is 12.8 Å². The Balaban J connectivity index is 4.07. The first-order chi connectivity index (χ1) is 4.46. The monoisotopic (exact) mass is 163 g/mol. The Kier molecular flexibility index (Phi) is 3.21. The van der Waals surface area contributed by atoms with Crippen LogP contribution >= 0.6 is 12.8 Å². The smallest absolute Gasteiger partial charge is 0.327 e. The summed E-state index contributed by atoms with van der Waals surface area (Å²) in [6, 6.07) is -0.874. The Bertz CT molecular complexity index is 141. The van der Waals surface area contributed by atoms with E-state index in [4.69, 9.17) is 5.11 Å². The highest BCUT2D eigenvalue weighted by molar-refractivity contribution is 7.78. The van der Waals surface area contributed by atoms with E-state index in [0.29, 0.717) is 0 Å². The van der Waals surface area contributed by atoms with Gasteiger partial charge in [-0.15, -0.1) is 0 Å². The van der Waals surface area contributed by atoms with E-state index in [9.17, 15) is 9.59 Å². The van der Waals surface area contributed by atoms with Crippen LogP contribution in [0.5, 0.6) is 0 Å². The summed E-state index contributed by atoms with van der Waals surface area (Å²) in [5, 5.41) is 8.36. The fraction of sp³-hybridized carbons (Fsp3) is 0.600. The maximum absolute atomic E-state index is 10.5. The zero-order valence-corrected chi connectivity index (χ0v) is 6.63. The number of carboxylic acids is 1. The Labute approximate surface area is 64.4 Å². The van der Waals surface area contributed by atoms with Crippen molar-refractivity contribution in [3.05, 3.63) is 0 Å². The molecule has 0 aliphatic carbocycles. The van der Waals surface area contributed by atoms with Crippen LogP contribution in [0.1, 0.15) is 13.8 Å². The molecule has 1 amide bonds.